The van der Waals surface area contributed by atoms with Crippen molar-refractivity contribution >= 4 is 5.97 Å². The maximum atomic E-state index is 10.5. The first-order chi connectivity index (χ1) is 6.52. The van der Waals surface area contributed by atoms with Crippen LogP contribution in [0, 0.1) is 0 Å². The monoisotopic (exact) mass is 195 g/mol. The van der Waals surface area contributed by atoms with E-state index in [0.717, 1.165) is 5.56 Å². The van der Waals surface area contributed by atoms with E-state index in [4.69, 9.17) is 10.8 Å². The minimum absolute atomic E-state index is 0.530. The number of aliphatic hydroxyl groups is 1. The molecule has 14 heavy (non-hydrogen) atoms. The summed E-state index contributed by atoms with van der Waals surface area (Å²) in [4.78, 5) is 10.5. The first-order valence-electron chi connectivity index (χ1n) is 4.28. The topological polar surface area (TPSA) is 83.5 Å². The van der Waals surface area contributed by atoms with E-state index in [0.29, 0.717) is 5.56 Å². The van der Waals surface area contributed by atoms with Crippen LogP contribution in [0.15, 0.2) is 24.3 Å². The fraction of sp³-hybridized carbons (Fsp3) is 0.300. The minimum Gasteiger partial charge on any atom is -0.480 e. The fourth-order valence-electron chi connectivity index (χ4n) is 1.12. The molecule has 1 aromatic rings. The van der Waals surface area contributed by atoms with Crippen molar-refractivity contribution in [1.82, 2.24) is 0 Å². The van der Waals surface area contributed by atoms with Crippen molar-refractivity contribution < 1.29 is 15.0 Å². The second-order valence-electron chi connectivity index (χ2n) is 3.16. The van der Waals surface area contributed by atoms with Gasteiger partial charge in [0.2, 0.25) is 0 Å². The molecule has 1 aromatic carbocycles. The van der Waals surface area contributed by atoms with Crippen LogP contribution < -0.4 is 5.73 Å². The number of nitrogens with two attached hydrogens (primary N) is 1. The van der Waals surface area contributed by atoms with Gasteiger partial charge in [-0.1, -0.05) is 24.3 Å². The summed E-state index contributed by atoms with van der Waals surface area (Å²) in [6, 6.07) is 5.56. The molecule has 0 fully saturated rings. The molecular weight excluding hydrogens is 182 g/mol. The van der Waals surface area contributed by atoms with Gasteiger partial charge in [-0.2, -0.15) is 0 Å². The SMILES string of the molecule is CC(O)c1ccc(C(N)C(=O)O)cc1. The highest BCUT2D eigenvalue weighted by Gasteiger charge is 2.13. The average molecular weight is 195 g/mol. The Kier molecular flexibility index (Phi) is 3.22. The minimum atomic E-state index is -1.06. The van der Waals surface area contributed by atoms with Crippen molar-refractivity contribution in [3.8, 4) is 0 Å². The lowest BCUT2D eigenvalue weighted by Crippen LogP contribution is -2.20. The zero-order valence-electron chi connectivity index (χ0n) is 7.84. The number of benzene rings is 1. The molecule has 0 aliphatic heterocycles. The van der Waals surface area contributed by atoms with Crippen LogP contribution in [0.3, 0.4) is 0 Å². The Bertz CT molecular complexity index is 319. The van der Waals surface area contributed by atoms with Gasteiger partial charge >= 0.3 is 5.97 Å². The van der Waals surface area contributed by atoms with Gasteiger partial charge in [0.05, 0.1) is 6.10 Å². The molecule has 0 amide bonds. The summed E-state index contributed by atoms with van der Waals surface area (Å²) in [5, 5.41) is 17.9. The number of carbonyl (C=O) groups is 1. The van der Waals surface area contributed by atoms with Crippen molar-refractivity contribution in [3.05, 3.63) is 35.4 Å². The zero-order chi connectivity index (χ0) is 10.7. The van der Waals surface area contributed by atoms with Gasteiger partial charge in [0.1, 0.15) is 6.04 Å². The van der Waals surface area contributed by atoms with Gasteiger partial charge < -0.3 is 15.9 Å². The van der Waals surface area contributed by atoms with Crippen LogP contribution in [0.1, 0.15) is 30.2 Å². The number of carboxylic acids is 1. The Morgan fingerprint density at radius 1 is 1.29 bits per heavy atom. The number of rotatable bonds is 3. The van der Waals surface area contributed by atoms with Crippen LogP contribution in [0.2, 0.25) is 0 Å². The number of aliphatic hydroxyl groups excluding tert-OH is 1. The summed E-state index contributed by atoms with van der Waals surface area (Å²) >= 11 is 0. The third kappa shape index (κ3) is 2.31. The number of carboxylic acid groups (broad SMARTS) is 1. The van der Waals surface area contributed by atoms with Crippen molar-refractivity contribution in [2.45, 2.75) is 19.1 Å². The zero-order valence-corrected chi connectivity index (χ0v) is 7.84. The second-order valence-corrected chi connectivity index (χ2v) is 3.16. The van der Waals surface area contributed by atoms with Gasteiger partial charge in [-0.3, -0.25) is 4.79 Å². The van der Waals surface area contributed by atoms with Crippen LogP contribution >= 0.6 is 0 Å². The van der Waals surface area contributed by atoms with E-state index in [1.807, 2.05) is 0 Å². The van der Waals surface area contributed by atoms with Gasteiger partial charge in [0.15, 0.2) is 0 Å². The van der Waals surface area contributed by atoms with Crippen LogP contribution in [-0.4, -0.2) is 16.2 Å². The molecule has 0 aliphatic rings. The maximum absolute atomic E-state index is 10.5. The molecule has 0 aliphatic carbocycles. The summed E-state index contributed by atoms with van der Waals surface area (Å²) in [7, 11) is 0. The largest absolute Gasteiger partial charge is 0.480 e. The van der Waals surface area contributed by atoms with Crippen LogP contribution in [-0.2, 0) is 4.79 Å². The molecule has 0 saturated heterocycles. The van der Waals surface area contributed by atoms with E-state index < -0.39 is 18.1 Å². The van der Waals surface area contributed by atoms with Crippen molar-refractivity contribution in [1.29, 1.82) is 0 Å². The molecule has 76 valence electrons. The van der Waals surface area contributed by atoms with E-state index >= 15 is 0 Å². The number of hydrogen-bond acceptors (Lipinski definition) is 3. The van der Waals surface area contributed by atoms with Gasteiger partial charge in [-0.15, -0.1) is 0 Å². The Hall–Kier alpha value is -1.39. The Morgan fingerprint density at radius 3 is 2.07 bits per heavy atom. The molecule has 4 N–H and O–H groups in total. The first-order valence-corrected chi connectivity index (χ1v) is 4.28. The third-order valence-corrected chi connectivity index (χ3v) is 2.04. The second kappa shape index (κ2) is 4.21. The summed E-state index contributed by atoms with van der Waals surface area (Å²) in [6.45, 7) is 1.64. The molecule has 2 atom stereocenters. The average Bonchev–Trinajstić information content (AvgIpc) is 2.16. The lowest BCUT2D eigenvalue weighted by Gasteiger charge is -2.09. The highest BCUT2D eigenvalue weighted by atomic mass is 16.4. The van der Waals surface area contributed by atoms with Crippen molar-refractivity contribution in [2.75, 3.05) is 0 Å². The molecule has 1 rings (SSSR count). The molecule has 0 spiro atoms. The highest BCUT2D eigenvalue weighted by molar-refractivity contribution is 5.75. The Balaban J connectivity index is 2.88. The number of aliphatic carboxylic acids is 1. The predicted molar refractivity (Wildman–Crippen MR) is 51.6 cm³/mol. The quantitative estimate of drug-likeness (QED) is 0.666. The van der Waals surface area contributed by atoms with Gasteiger partial charge in [-0.25, -0.2) is 0 Å². The Labute approximate surface area is 82.0 Å². The molecule has 2 unspecified atom stereocenters. The highest BCUT2D eigenvalue weighted by Crippen LogP contribution is 2.16. The summed E-state index contributed by atoms with van der Waals surface area (Å²) in [5.74, 6) is -1.06. The van der Waals surface area contributed by atoms with E-state index in [-0.39, 0.29) is 0 Å². The number of hydrogen-bond donors (Lipinski definition) is 3. The summed E-state index contributed by atoms with van der Waals surface area (Å²) in [5.41, 5.74) is 6.67. The summed E-state index contributed by atoms with van der Waals surface area (Å²) < 4.78 is 0. The van der Waals surface area contributed by atoms with Crippen molar-refractivity contribution in [2.24, 2.45) is 5.73 Å². The van der Waals surface area contributed by atoms with Gasteiger partial charge in [0.25, 0.3) is 0 Å². The van der Waals surface area contributed by atoms with Crippen LogP contribution in [0.5, 0.6) is 0 Å². The lowest BCUT2D eigenvalue weighted by atomic mass is 10.0. The van der Waals surface area contributed by atoms with Crippen LogP contribution in [0.4, 0.5) is 0 Å². The fourth-order valence-corrected chi connectivity index (χ4v) is 1.12. The van der Waals surface area contributed by atoms with E-state index in [1.54, 1.807) is 31.2 Å². The third-order valence-electron chi connectivity index (χ3n) is 2.04. The standard InChI is InChI=1S/C10H13NO3/c1-6(12)7-2-4-8(5-3-7)9(11)10(13)14/h2-6,9,12H,11H2,1H3,(H,13,14). The van der Waals surface area contributed by atoms with E-state index in [1.165, 1.54) is 0 Å². The van der Waals surface area contributed by atoms with E-state index in [9.17, 15) is 9.90 Å². The maximum Gasteiger partial charge on any atom is 0.325 e. The van der Waals surface area contributed by atoms with Gasteiger partial charge in [-0.05, 0) is 18.1 Å². The molecule has 0 saturated carbocycles. The van der Waals surface area contributed by atoms with Crippen molar-refractivity contribution in [3.63, 3.8) is 0 Å². The Morgan fingerprint density at radius 2 is 1.71 bits per heavy atom. The van der Waals surface area contributed by atoms with Crippen LogP contribution in [0.25, 0.3) is 0 Å². The summed E-state index contributed by atoms with van der Waals surface area (Å²) in [6.07, 6.45) is -0.551. The first kappa shape index (κ1) is 10.7. The normalized spacial score (nSPS) is 14.8. The lowest BCUT2D eigenvalue weighted by molar-refractivity contribution is -0.138. The molecule has 0 heterocycles. The molecule has 0 radical (unpaired) electrons. The smallest absolute Gasteiger partial charge is 0.325 e. The molecule has 4 nitrogen and oxygen atoms in total. The molecule has 0 bridgehead atoms. The molecule has 4 heteroatoms. The van der Waals surface area contributed by atoms with E-state index in [2.05, 4.69) is 0 Å². The van der Waals surface area contributed by atoms with Gasteiger partial charge in [0, 0.05) is 0 Å². The molecule has 0 aromatic heterocycles. The predicted octanol–water partition coefficient (Wildman–Crippen LogP) is 0.824. The molecular formula is C10H13NO3.